The maximum absolute atomic E-state index is 5.81. The van der Waals surface area contributed by atoms with Crippen LogP contribution >= 0.6 is 22.6 Å². The van der Waals surface area contributed by atoms with Crippen molar-refractivity contribution in [3.8, 4) is 5.75 Å². The van der Waals surface area contributed by atoms with Gasteiger partial charge in [0, 0.05) is 16.0 Å². The Labute approximate surface area is 143 Å². The average molecular weight is 405 g/mol. The van der Waals surface area contributed by atoms with E-state index in [0.29, 0.717) is 0 Å². The van der Waals surface area contributed by atoms with Crippen molar-refractivity contribution in [2.45, 2.75) is 0 Å². The van der Waals surface area contributed by atoms with Crippen LogP contribution in [0.2, 0.25) is 0 Å². The van der Waals surface area contributed by atoms with Crippen molar-refractivity contribution in [1.29, 1.82) is 0 Å². The molecular formula is C18H16INO2. The summed E-state index contributed by atoms with van der Waals surface area (Å²) < 4.78 is 12.4. The van der Waals surface area contributed by atoms with Gasteiger partial charge in [0.2, 0.25) is 0 Å². The van der Waals surface area contributed by atoms with E-state index in [1.807, 2.05) is 55.6 Å². The van der Waals surface area contributed by atoms with Crippen LogP contribution in [0.3, 0.4) is 0 Å². The van der Waals surface area contributed by atoms with Crippen molar-refractivity contribution in [1.82, 2.24) is 0 Å². The van der Waals surface area contributed by atoms with Crippen molar-refractivity contribution >= 4 is 51.4 Å². The Hall–Kier alpha value is -1.95. The molecule has 0 saturated carbocycles. The van der Waals surface area contributed by atoms with Crippen LogP contribution in [0.5, 0.6) is 5.75 Å². The predicted octanol–water partition coefficient (Wildman–Crippen LogP) is 5.26. The van der Waals surface area contributed by atoms with E-state index in [0.717, 1.165) is 33.7 Å². The summed E-state index contributed by atoms with van der Waals surface area (Å²) in [5.74, 6) is 1.66. The Kier molecular flexibility index (Phi) is 4.38. The van der Waals surface area contributed by atoms with Crippen molar-refractivity contribution in [3.05, 3.63) is 57.4 Å². The van der Waals surface area contributed by atoms with Gasteiger partial charge >= 0.3 is 0 Å². The number of rotatable bonds is 4. The van der Waals surface area contributed by atoms with Gasteiger partial charge in [0.15, 0.2) is 0 Å². The number of anilines is 1. The number of halogens is 1. The van der Waals surface area contributed by atoms with E-state index in [9.17, 15) is 0 Å². The molecule has 22 heavy (non-hydrogen) atoms. The monoisotopic (exact) mass is 405 g/mol. The lowest BCUT2D eigenvalue weighted by Crippen LogP contribution is -1.93. The van der Waals surface area contributed by atoms with E-state index in [1.165, 1.54) is 3.57 Å². The number of hydrogen-bond donors (Lipinski definition) is 1. The number of fused-ring (bicyclic) bond motifs is 1. The zero-order chi connectivity index (χ0) is 15.5. The summed E-state index contributed by atoms with van der Waals surface area (Å²) in [5, 5.41) is 4.22. The molecule has 1 N–H and O–H groups in total. The molecular weight excluding hydrogens is 389 g/mol. The normalized spacial score (nSPS) is 11.2. The first-order chi connectivity index (χ1) is 10.7. The first-order valence-electron chi connectivity index (χ1n) is 6.92. The van der Waals surface area contributed by atoms with Gasteiger partial charge in [0.05, 0.1) is 12.8 Å². The molecule has 3 nitrogen and oxygen atoms in total. The van der Waals surface area contributed by atoms with Gasteiger partial charge in [-0.1, -0.05) is 12.1 Å². The molecule has 0 aliphatic rings. The minimum absolute atomic E-state index is 0.823. The smallest absolute Gasteiger partial charge is 0.142 e. The summed E-state index contributed by atoms with van der Waals surface area (Å²) in [4.78, 5) is 0. The van der Waals surface area contributed by atoms with Crippen molar-refractivity contribution in [2.75, 3.05) is 19.5 Å². The van der Waals surface area contributed by atoms with E-state index in [2.05, 4.69) is 34.0 Å². The first-order valence-corrected chi connectivity index (χ1v) is 8.00. The zero-order valence-electron chi connectivity index (χ0n) is 12.4. The Morgan fingerprint density at radius 1 is 1.09 bits per heavy atom. The highest BCUT2D eigenvalue weighted by Crippen LogP contribution is 2.27. The minimum Gasteiger partial charge on any atom is -0.495 e. The molecule has 0 radical (unpaired) electrons. The third kappa shape index (κ3) is 3.11. The standard InChI is InChI=1S/C18H16INO2/c1-20-16-7-4-12(9-18(16)21-2)3-6-15-11-13-10-14(19)5-8-17(13)22-15/h3-11,20H,1-2H3. The predicted molar refractivity (Wildman–Crippen MR) is 100 cm³/mol. The summed E-state index contributed by atoms with van der Waals surface area (Å²) in [7, 11) is 3.55. The molecule has 112 valence electrons. The van der Waals surface area contributed by atoms with Crippen LogP contribution in [0.15, 0.2) is 46.9 Å². The summed E-state index contributed by atoms with van der Waals surface area (Å²) in [5.41, 5.74) is 2.94. The van der Waals surface area contributed by atoms with E-state index in [1.54, 1.807) is 7.11 Å². The van der Waals surface area contributed by atoms with Gasteiger partial charge in [-0.25, -0.2) is 0 Å². The van der Waals surface area contributed by atoms with Crippen LogP contribution < -0.4 is 10.1 Å². The lowest BCUT2D eigenvalue weighted by Gasteiger charge is -2.08. The molecule has 0 spiro atoms. The van der Waals surface area contributed by atoms with E-state index in [-0.39, 0.29) is 0 Å². The molecule has 1 heterocycles. The van der Waals surface area contributed by atoms with Gasteiger partial charge < -0.3 is 14.5 Å². The van der Waals surface area contributed by atoms with Crippen LogP contribution in [0, 0.1) is 3.57 Å². The molecule has 0 amide bonds. The topological polar surface area (TPSA) is 34.4 Å². The molecule has 0 aliphatic heterocycles. The highest BCUT2D eigenvalue weighted by Gasteiger charge is 2.03. The third-order valence-electron chi connectivity index (χ3n) is 3.43. The summed E-state index contributed by atoms with van der Waals surface area (Å²) in [6.45, 7) is 0. The molecule has 0 unspecified atom stereocenters. The fourth-order valence-corrected chi connectivity index (χ4v) is 2.83. The third-order valence-corrected chi connectivity index (χ3v) is 4.10. The second-order valence-corrected chi connectivity index (χ2v) is 6.12. The molecule has 0 fully saturated rings. The minimum atomic E-state index is 0.823. The van der Waals surface area contributed by atoms with Gasteiger partial charge in [-0.3, -0.25) is 0 Å². The SMILES string of the molecule is CNc1ccc(C=Cc2cc3cc(I)ccc3o2)cc1OC. The highest BCUT2D eigenvalue weighted by atomic mass is 127. The fourth-order valence-electron chi connectivity index (χ4n) is 2.31. The van der Waals surface area contributed by atoms with Crippen LogP contribution in [-0.4, -0.2) is 14.2 Å². The maximum Gasteiger partial charge on any atom is 0.142 e. The number of methoxy groups -OCH3 is 1. The van der Waals surface area contributed by atoms with Gasteiger partial charge in [-0.2, -0.15) is 0 Å². The summed E-state index contributed by atoms with van der Waals surface area (Å²) in [6.07, 6.45) is 3.99. The van der Waals surface area contributed by atoms with Crippen LogP contribution in [0.4, 0.5) is 5.69 Å². The number of benzene rings is 2. The number of ether oxygens (including phenoxy) is 1. The quantitative estimate of drug-likeness (QED) is 0.602. The average Bonchev–Trinajstić information content (AvgIpc) is 2.94. The molecule has 0 atom stereocenters. The lowest BCUT2D eigenvalue weighted by molar-refractivity contribution is 0.416. The first kappa shape index (κ1) is 15.0. The molecule has 2 aromatic carbocycles. The van der Waals surface area contributed by atoms with E-state index >= 15 is 0 Å². The molecule has 4 heteroatoms. The van der Waals surface area contributed by atoms with E-state index in [4.69, 9.17) is 9.15 Å². The molecule has 0 saturated heterocycles. The largest absolute Gasteiger partial charge is 0.495 e. The molecule has 1 aromatic heterocycles. The molecule has 3 aromatic rings. The molecule has 0 bridgehead atoms. The van der Waals surface area contributed by atoms with Crippen molar-refractivity contribution in [2.24, 2.45) is 0 Å². The Bertz CT molecular complexity index is 836. The number of nitrogens with one attached hydrogen (secondary N) is 1. The van der Waals surface area contributed by atoms with Gasteiger partial charge in [0.25, 0.3) is 0 Å². The summed E-state index contributed by atoms with van der Waals surface area (Å²) in [6, 6.07) is 14.2. The van der Waals surface area contributed by atoms with Gasteiger partial charge in [-0.05, 0) is 70.6 Å². The summed E-state index contributed by atoms with van der Waals surface area (Å²) >= 11 is 2.30. The van der Waals surface area contributed by atoms with Crippen LogP contribution in [0.25, 0.3) is 23.1 Å². The van der Waals surface area contributed by atoms with Gasteiger partial charge in [-0.15, -0.1) is 0 Å². The highest BCUT2D eigenvalue weighted by molar-refractivity contribution is 14.1. The number of hydrogen-bond acceptors (Lipinski definition) is 3. The van der Waals surface area contributed by atoms with E-state index < -0.39 is 0 Å². The lowest BCUT2D eigenvalue weighted by atomic mass is 10.1. The Balaban J connectivity index is 1.89. The molecule has 0 aliphatic carbocycles. The van der Waals surface area contributed by atoms with Crippen LogP contribution in [-0.2, 0) is 0 Å². The second-order valence-electron chi connectivity index (χ2n) is 4.87. The maximum atomic E-state index is 5.81. The van der Waals surface area contributed by atoms with Gasteiger partial charge in [0.1, 0.15) is 17.1 Å². The molecule has 3 rings (SSSR count). The van der Waals surface area contributed by atoms with Crippen molar-refractivity contribution in [3.63, 3.8) is 0 Å². The second kappa shape index (κ2) is 6.44. The fraction of sp³-hybridized carbons (Fsp3) is 0.111. The Morgan fingerprint density at radius 3 is 2.73 bits per heavy atom. The Morgan fingerprint density at radius 2 is 1.95 bits per heavy atom. The zero-order valence-corrected chi connectivity index (χ0v) is 14.5. The van der Waals surface area contributed by atoms with Crippen molar-refractivity contribution < 1.29 is 9.15 Å². The number of furan rings is 1. The van der Waals surface area contributed by atoms with Crippen LogP contribution in [0.1, 0.15) is 11.3 Å².